The van der Waals surface area contributed by atoms with Gasteiger partial charge in [0.15, 0.2) is 0 Å². The number of rotatable bonds is 13. The van der Waals surface area contributed by atoms with Crippen molar-refractivity contribution in [2.24, 2.45) is 0 Å². The van der Waals surface area contributed by atoms with Gasteiger partial charge in [-0.2, -0.15) is 9.97 Å². The molecule has 0 fully saturated rings. The number of nitrogens with one attached hydrogen (secondary N) is 4. The Bertz CT molecular complexity index is 2410. The Balaban J connectivity index is 0.919. The van der Waals surface area contributed by atoms with Crippen LogP contribution in [0.5, 0.6) is 23.3 Å². The topological polar surface area (TPSA) is 163 Å². The lowest BCUT2D eigenvalue weighted by atomic mass is 10.2. The van der Waals surface area contributed by atoms with E-state index in [1.807, 2.05) is 56.3 Å². The Hall–Kier alpha value is -5.99. The molecule has 0 spiro atoms. The minimum atomic E-state index is -3.65. The van der Waals surface area contributed by atoms with Crippen molar-refractivity contribution < 1.29 is 17.9 Å². The summed E-state index contributed by atoms with van der Waals surface area (Å²) in [5, 5.41) is 5.23. The Morgan fingerprint density at radius 1 is 0.760 bits per heavy atom. The van der Waals surface area contributed by atoms with Crippen LogP contribution in [-0.2, 0) is 15.8 Å². The number of anilines is 3. The van der Waals surface area contributed by atoms with E-state index in [4.69, 9.17) is 9.47 Å². The summed E-state index contributed by atoms with van der Waals surface area (Å²) in [6.45, 7) is 4.51. The lowest BCUT2D eigenvalue weighted by Crippen LogP contribution is -2.34. The highest BCUT2D eigenvalue weighted by atomic mass is 32.2. The lowest BCUT2D eigenvalue weighted by molar-refractivity contribution is 0.462. The molecule has 3 aromatic carbocycles. The van der Waals surface area contributed by atoms with Crippen LogP contribution in [0.3, 0.4) is 0 Å². The quantitative estimate of drug-likeness (QED) is 0.102. The van der Waals surface area contributed by atoms with Crippen LogP contribution in [0.1, 0.15) is 17.0 Å². The van der Waals surface area contributed by atoms with Gasteiger partial charge < -0.3 is 29.7 Å². The lowest BCUT2D eigenvalue weighted by Gasteiger charge is -2.18. The van der Waals surface area contributed by atoms with E-state index in [1.54, 1.807) is 54.7 Å². The molecule has 0 saturated carbocycles. The van der Waals surface area contributed by atoms with Gasteiger partial charge in [0.1, 0.15) is 11.5 Å². The fourth-order valence-corrected chi connectivity index (χ4v) is 6.64. The van der Waals surface area contributed by atoms with Gasteiger partial charge in [-0.3, -0.25) is 0 Å². The number of aryl methyl sites for hydroxylation is 2. The molecule has 4 heterocycles. The average molecular weight is 690 g/mol. The summed E-state index contributed by atoms with van der Waals surface area (Å²) in [7, 11) is -1.86. The third kappa shape index (κ3) is 7.99. The predicted octanol–water partition coefficient (Wildman–Crippen LogP) is 6.73. The number of H-pyrrole nitrogens is 2. The molecule has 0 aliphatic heterocycles. The molecule has 254 valence electrons. The molecule has 7 aromatic rings. The molecule has 0 saturated heterocycles. The summed E-state index contributed by atoms with van der Waals surface area (Å²) in [6, 6.07) is 26.1. The van der Waals surface area contributed by atoms with Gasteiger partial charge in [-0.25, -0.2) is 23.1 Å². The zero-order valence-corrected chi connectivity index (χ0v) is 28.5. The zero-order chi connectivity index (χ0) is 34.7. The summed E-state index contributed by atoms with van der Waals surface area (Å²) in [6.07, 6.45) is 3.20. The number of fused-ring (bicyclic) bond motifs is 2. The van der Waals surface area contributed by atoms with E-state index in [0.29, 0.717) is 53.0 Å². The Labute approximate surface area is 288 Å². The van der Waals surface area contributed by atoms with Gasteiger partial charge in [0.05, 0.1) is 5.75 Å². The summed E-state index contributed by atoms with van der Waals surface area (Å²) < 4.78 is 40.6. The molecule has 50 heavy (non-hydrogen) atoms. The minimum Gasteiger partial charge on any atom is -0.439 e. The van der Waals surface area contributed by atoms with Gasteiger partial charge in [-0.15, -0.1) is 0 Å². The molecule has 4 N–H and O–H groups in total. The number of hydrogen-bond donors (Lipinski definition) is 4. The molecule has 0 aliphatic rings. The van der Waals surface area contributed by atoms with Crippen LogP contribution in [0, 0.1) is 13.8 Å². The summed E-state index contributed by atoms with van der Waals surface area (Å²) in [5.74, 6) is 2.58. The number of hydrogen-bond acceptors (Lipinski definition) is 10. The van der Waals surface area contributed by atoms with Crippen molar-refractivity contribution in [3.63, 3.8) is 0 Å². The van der Waals surface area contributed by atoms with Crippen LogP contribution in [0.15, 0.2) is 97.3 Å². The molecule has 7 rings (SSSR count). The largest absolute Gasteiger partial charge is 0.439 e. The fourth-order valence-electron chi connectivity index (χ4n) is 5.52. The fraction of sp³-hybridized carbons (Fsp3) is 0.167. The van der Waals surface area contributed by atoms with E-state index in [2.05, 4.69) is 52.1 Å². The Morgan fingerprint density at radius 2 is 1.40 bits per heavy atom. The summed E-state index contributed by atoms with van der Waals surface area (Å²) in [4.78, 5) is 25.9. The Morgan fingerprint density at radius 3 is 2.08 bits per heavy atom. The van der Waals surface area contributed by atoms with Crippen molar-refractivity contribution in [3.05, 3.63) is 114 Å². The normalized spacial score (nSPS) is 11.6. The van der Waals surface area contributed by atoms with Gasteiger partial charge in [0.25, 0.3) is 0 Å². The van der Waals surface area contributed by atoms with Crippen LogP contribution in [0.2, 0.25) is 0 Å². The van der Waals surface area contributed by atoms with Crippen molar-refractivity contribution >= 4 is 49.4 Å². The highest BCUT2D eigenvalue weighted by Gasteiger charge is 2.14. The molecule has 0 unspecified atom stereocenters. The maximum atomic E-state index is 13.0. The van der Waals surface area contributed by atoms with Gasteiger partial charge in [0, 0.05) is 83.5 Å². The molecular weight excluding hydrogens is 655 g/mol. The first-order chi connectivity index (χ1) is 24.1. The van der Waals surface area contributed by atoms with E-state index < -0.39 is 10.0 Å². The van der Waals surface area contributed by atoms with Gasteiger partial charge in [-0.05, 0) is 80.1 Å². The number of benzene rings is 3. The monoisotopic (exact) mass is 689 g/mol. The standard InChI is InChI=1S/C36H35N9O4S/c1-23-17-26-20-29(7-9-31(26)40-23)48-33-11-13-37-35(43-33)42-28-6-4-5-25(19-28)22-50(46,47)39-15-16-45(3)36-38-14-12-34(44-36)49-30-8-10-32-27(21-30)18-24(2)41-32/h4-14,17-21,39-41H,15-16,22H2,1-3H3,(H,37,42,43). The number of ether oxygens (including phenoxy) is 2. The predicted molar refractivity (Wildman–Crippen MR) is 194 cm³/mol. The van der Waals surface area contributed by atoms with Crippen molar-refractivity contribution in [2.45, 2.75) is 19.6 Å². The zero-order valence-electron chi connectivity index (χ0n) is 27.6. The maximum absolute atomic E-state index is 13.0. The number of likely N-dealkylation sites (N-methyl/N-ethyl adjacent to an activating group) is 1. The van der Waals surface area contributed by atoms with Crippen molar-refractivity contribution in [1.29, 1.82) is 0 Å². The minimum absolute atomic E-state index is 0.159. The maximum Gasteiger partial charge on any atom is 0.230 e. The summed E-state index contributed by atoms with van der Waals surface area (Å²) in [5.41, 5.74) is 5.44. The second kappa shape index (κ2) is 13.9. The van der Waals surface area contributed by atoms with Gasteiger partial charge in [-0.1, -0.05) is 12.1 Å². The van der Waals surface area contributed by atoms with Crippen LogP contribution < -0.4 is 24.4 Å². The third-order valence-corrected chi connectivity index (χ3v) is 9.15. The number of aromatic nitrogens is 6. The van der Waals surface area contributed by atoms with E-state index >= 15 is 0 Å². The second-order valence-corrected chi connectivity index (χ2v) is 13.7. The first-order valence-corrected chi connectivity index (χ1v) is 17.5. The first kappa shape index (κ1) is 32.6. The number of aromatic amines is 2. The Kier molecular flexibility index (Phi) is 9.02. The summed E-state index contributed by atoms with van der Waals surface area (Å²) >= 11 is 0. The van der Waals surface area contributed by atoms with Crippen LogP contribution in [0.25, 0.3) is 21.8 Å². The van der Waals surface area contributed by atoms with E-state index in [9.17, 15) is 8.42 Å². The SMILES string of the molecule is Cc1cc2cc(Oc3ccnc(Nc4cccc(CS(=O)(=O)NCCN(C)c5nccc(Oc6ccc7[nH]c(C)cc7c6)n5)c4)n3)ccc2[nH]1. The van der Waals surface area contributed by atoms with Crippen molar-refractivity contribution in [2.75, 3.05) is 30.4 Å². The van der Waals surface area contributed by atoms with Crippen molar-refractivity contribution in [1.82, 2.24) is 34.6 Å². The molecule has 13 nitrogen and oxygen atoms in total. The smallest absolute Gasteiger partial charge is 0.230 e. The van der Waals surface area contributed by atoms with Crippen LogP contribution >= 0.6 is 0 Å². The van der Waals surface area contributed by atoms with E-state index in [1.165, 1.54) is 0 Å². The van der Waals surface area contributed by atoms with E-state index in [0.717, 1.165) is 33.2 Å². The highest BCUT2D eigenvalue weighted by Crippen LogP contribution is 2.27. The molecule has 4 aromatic heterocycles. The second-order valence-electron chi connectivity index (χ2n) is 11.9. The molecule has 0 bridgehead atoms. The number of nitrogens with zero attached hydrogens (tertiary/aromatic N) is 5. The molecular formula is C36H35N9O4S. The first-order valence-electron chi connectivity index (χ1n) is 15.9. The molecule has 0 radical (unpaired) electrons. The molecule has 0 atom stereocenters. The van der Waals surface area contributed by atoms with Crippen LogP contribution in [-0.4, -0.2) is 58.5 Å². The molecule has 14 heteroatoms. The van der Waals surface area contributed by atoms with Crippen LogP contribution in [0.4, 0.5) is 17.6 Å². The van der Waals surface area contributed by atoms with Gasteiger partial charge in [0.2, 0.25) is 33.7 Å². The van der Waals surface area contributed by atoms with Gasteiger partial charge >= 0.3 is 0 Å². The van der Waals surface area contributed by atoms with E-state index in [-0.39, 0.29) is 12.3 Å². The molecule has 0 amide bonds. The average Bonchev–Trinajstić information content (AvgIpc) is 3.64. The van der Waals surface area contributed by atoms with Crippen molar-refractivity contribution in [3.8, 4) is 23.3 Å². The molecule has 0 aliphatic carbocycles. The highest BCUT2D eigenvalue weighted by molar-refractivity contribution is 7.88. The number of sulfonamides is 1. The third-order valence-electron chi connectivity index (χ3n) is 7.80.